The molecule has 2 aromatic carbocycles. The predicted octanol–water partition coefficient (Wildman–Crippen LogP) is 3.73. The number of nitrogens with two attached hydrogens (primary N) is 1. The molecule has 9 nitrogen and oxygen atoms in total. The Morgan fingerprint density at radius 3 is 2.25 bits per heavy atom. The van der Waals surface area contributed by atoms with E-state index in [1.165, 1.54) is 0 Å². The average molecular weight is 547 g/mol. The summed E-state index contributed by atoms with van der Waals surface area (Å²) in [6, 6.07) is 15.2. The molecular formula is C30H35FN6O3. The lowest BCUT2D eigenvalue weighted by atomic mass is 10.1. The van der Waals surface area contributed by atoms with Gasteiger partial charge < -0.3 is 35.0 Å². The number of nitrogens with zero attached hydrogens (tertiary/aromatic N) is 5. The minimum atomic E-state index is -0.181. The van der Waals surface area contributed by atoms with Crippen LogP contribution in [0.2, 0.25) is 0 Å². The molecular weight excluding hydrogens is 511 g/mol. The van der Waals surface area contributed by atoms with Gasteiger partial charge in [-0.1, -0.05) is 12.1 Å². The second-order valence-corrected chi connectivity index (χ2v) is 11.5. The van der Waals surface area contributed by atoms with Crippen molar-refractivity contribution in [3.05, 3.63) is 54.3 Å². The molecule has 0 radical (unpaired) electrons. The number of fused-ring (bicyclic) bond motifs is 3. The SMILES string of the molecule is COC(OC)C1C2CN(c3cc(N4C5CCC4CN(c4cc(-c6ccccc6O)nnc4N)C5)ccc3F)CC21. The van der Waals surface area contributed by atoms with E-state index in [0.29, 0.717) is 40.5 Å². The van der Waals surface area contributed by atoms with E-state index in [1.54, 1.807) is 32.4 Å². The summed E-state index contributed by atoms with van der Waals surface area (Å²) in [5.74, 6) is 1.72. The highest BCUT2D eigenvalue weighted by Crippen LogP contribution is 2.55. The van der Waals surface area contributed by atoms with Crippen LogP contribution >= 0.6 is 0 Å². The molecule has 3 aromatic rings. The number of hydrogen-bond acceptors (Lipinski definition) is 9. The van der Waals surface area contributed by atoms with Crippen molar-refractivity contribution in [1.29, 1.82) is 0 Å². The fourth-order valence-corrected chi connectivity index (χ4v) is 7.47. The van der Waals surface area contributed by atoms with Crippen LogP contribution in [0.4, 0.5) is 27.3 Å². The van der Waals surface area contributed by atoms with Gasteiger partial charge in [0.2, 0.25) is 0 Å². The van der Waals surface area contributed by atoms with Gasteiger partial charge >= 0.3 is 0 Å². The Kier molecular flexibility index (Phi) is 6.20. The van der Waals surface area contributed by atoms with E-state index in [-0.39, 0.29) is 29.9 Å². The number of nitrogen functional groups attached to an aromatic ring is 1. The van der Waals surface area contributed by atoms with Gasteiger partial charge in [-0.3, -0.25) is 0 Å². The lowest BCUT2D eigenvalue weighted by Crippen LogP contribution is -2.54. The summed E-state index contributed by atoms with van der Waals surface area (Å²) in [7, 11) is 3.37. The standard InChI is InChI=1S/C30H35FN6O3/c1-39-30(40-2)28-21-15-36(16-22(21)28)25-11-17(9-10-23(25)31)37-18-7-8-19(37)14-35(13-18)26-12-24(33-34-29(26)32)20-5-3-4-6-27(20)38/h3-6,9-12,18-19,21-22,28,30,38H,7-8,13-16H2,1-2H3,(H2,32,34). The number of para-hydroxylation sites is 1. The van der Waals surface area contributed by atoms with Crippen LogP contribution in [-0.4, -0.2) is 74.1 Å². The minimum absolute atomic E-state index is 0.160. The van der Waals surface area contributed by atoms with Crippen molar-refractivity contribution in [1.82, 2.24) is 10.2 Å². The second-order valence-electron chi connectivity index (χ2n) is 11.5. The maximum atomic E-state index is 15.1. The molecule has 10 heteroatoms. The van der Waals surface area contributed by atoms with Gasteiger partial charge in [0.25, 0.3) is 0 Å². The van der Waals surface area contributed by atoms with Crippen LogP contribution in [0.1, 0.15) is 12.8 Å². The van der Waals surface area contributed by atoms with Crippen molar-refractivity contribution in [3.8, 4) is 17.0 Å². The molecule has 4 unspecified atom stereocenters. The minimum Gasteiger partial charge on any atom is -0.507 e. The molecule has 3 aliphatic heterocycles. The van der Waals surface area contributed by atoms with E-state index in [2.05, 4.69) is 24.9 Å². The smallest absolute Gasteiger partial charge is 0.169 e. The molecule has 3 N–H and O–H groups in total. The first kappa shape index (κ1) is 25.3. The third-order valence-electron chi connectivity index (χ3n) is 9.41. The molecule has 1 saturated carbocycles. The van der Waals surface area contributed by atoms with E-state index in [9.17, 15) is 5.11 Å². The summed E-state index contributed by atoms with van der Waals surface area (Å²) in [6.07, 6.45) is 1.94. The lowest BCUT2D eigenvalue weighted by molar-refractivity contribution is -0.121. The van der Waals surface area contributed by atoms with Crippen LogP contribution in [0.25, 0.3) is 11.3 Å². The van der Waals surface area contributed by atoms with Gasteiger partial charge in [-0.05, 0) is 61.1 Å². The number of hydrogen-bond donors (Lipinski definition) is 2. The molecule has 4 fully saturated rings. The van der Waals surface area contributed by atoms with E-state index < -0.39 is 0 Å². The third kappa shape index (κ3) is 4.12. The van der Waals surface area contributed by atoms with E-state index in [1.807, 2.05) is 30.3 Å². The number of aromatic nitrogens is 2. The molecule has 3 saturated heterocycles. The Bertz CT molecular complexity index is 1390. The molecule has 2 bridgehead atoms. The van der Waals surface area contributed by atoms with Gasteiger partial charge in [-0.15, -0.1) is 10.2 Å². The molecule has 7 rings (SSSR count). The summed E-state index contributed by atoms with van der Waals surface area (Å²) in [4.78, 5) is 6.95. The number of rotatable bonds is 7. The van der Waals surface area contributed by atoms with Gasteiger partial charge in [0.1, 0.15) is 11.6 Å². The Labute approximate surface area is 233 Å². The molecule has 1 aliphatic carbocycles. The van der Waals surface area contributed by atoms with Crippen LogP contribution in [0.5, 0.6) is 5.75 Å². The molecule has 210 valence electrons. The zero-order chi connectivity index (χ0) is 27.5. The second kappa shape index (κ2) is 9.78. The van der Waals surface area contributed by atoms with Gasteiger partial charge in [0.05, 0.1) is 17.1 Å². The van der Waals surface area contributed by atoms with E-state index >= 15 is 4.39 Å². The monoisotopic (exact) mass is 546 g/mol. The summed E-state index contributed by atoms with van der Waals surface area (Å²) < 4.78 is 26.1. The van der Waals surface area contributed by atoms with Crippen LogP contribution in [0.3, 0.4) is 0 Å². The number of aromatic hydroxyl groups is 1. The lowest BCUT2D eigenvalue weighted by Gasteiger charge is -2.44. The van der Waals surface area contributed by atoms with Crippen LogP contribution < -0.4 is 20.4 Å². The number of piperidine rings is 1. The average Bonchev–Trinajstić information content (AvgIpc) is 3.30. The Balaban J connectivity index is 1.09. The number of halogens is 1. The van der Waals surface area contributed by atoms with Crippen LogP contribution in [-0.2, 0) is 9.47 Å². The quantitative estimate of drug-likeness (QED) is 0.430. The summed E-state index contributed by atoms with van der Waals surface area (Å²) in [5, 5.41) is 18.8. The van der Waals surface area contributed by atoms with Crippen molar-refractivity contribution >= 4 is 22.9 Å². The highest BCUT2D eigenvalue weighted by atomic mass is 19.1. The predicted molar refractivity (Wildman–Crippen MR) is 152 cm³/mol. The molecule has 0 spiro atoms. The first-order valence-corrected chi connectivity index (χ1v) is 14.0. The fourth-order valence-electron chi connectivity index (χ4n) is 7.47. The zero-order valence-corrected chi connectivity index (χ0v) is 22.8. The normalized spacial score (nSPS) is 27.0. The Hall–Kier alpha value is -3.63. The molecule has 4 aliphatic rings. The Morgan fingerprint density at radius 1 is 0.900 bits per heavy atom. The fraction of sp³-hybridized carbons (Fsp3) is 0.467. The molecule has 40 heavy (non-hydrogen) atoms. The number of phenols is 1. The zero-order valence-electron chi connectivity index (χ0n) is 22.8. The number of phenolic OH excluding ortho intramolecular Hbond substituents is 1. The highest BCUT2D eigenvalue weighted by Gasteiger charge is 2.59. The number of piperazine rings is 1. The van der Waals surface area contributed by atoms with Crippen molar-refractivity contribution < 1.29 is 19.0 Å². The molecule has 4 atom stereocenters. The van der Waals surface area contributed by atoms with Crippen molar-refractivity contribution in [2.75, 3.05) is 60.8 Å². The maximum Gasteiger partial charge on any atom is 0.169 e. The van der Waals surface area contributed by atoms with Gasteiger partial charge in [-0.25, -0.2) is 4.39 Å². The van der Waals surface area contributed by atoms with Gasteiger partial charge in [0.15, 0.2) is 12.1 Å². The van der Waals surface area contributed by atoms with Gasteiger partial charge in [0, 0.05) is 69.7 Å². The van der Waals surface area contributed by atoms with E-state index in [0.717, 1.165) is 50.4 Å². The summed E-state index contributed by atoms with van der Waals surface area (Å²) in [5.41, 5.74) is 10.1. The number of benzene rings is 2. The Morgan fingerprint density at radius 2 is 1.57 bits per heavy atom. The first-order valence-electron chi connectivity index (χ1n) is 14.0. The van der Waals surface area contributed by atoms with Crippen LogP contribution in [0, 0.1) is 23.6 Å². The molecule has 4 heterocycles. The van der Waals surface area contributed by atoms with Crippen molar-refractivity contribution in [2.45, 2.75) is 31.2 Å². The third-order valence-corrected chi connectivity index (χ3v) is 9.41. The maximum absolute atomic E-state index is 15.1. The highest BCUT2D eigenvalue weighted by molar-refractivity contribution is 5.74. The topological polar surface area (TPSA) is 100 Å². The van der Waals surface area contributed by atoms with Crippen molar-refractivity contribution in [3.63, 3.8) is 0 Å². The number of methoxy groups -OCH3 is 2. The van der Waals surface area contributed by atoms with Crippen molar-refractivity contribution in [2.24, 2.45) is 17.8 Å². The first-order chi connectivity index (χ1) is 19.5. The number of anilines is 4. The molecule has 1 aromatic heterocycles. The summed E-state index contributed by atoms with van der Waals surface area (Å²) in [6.45, 7) is 3.22. The summed E-state index contributed by atoms with van der Waals surface area (Å²) >= 11 is 0. The molecule has 0 amide bonds. The van der Waals surface area contributed by atoms with Gasteiger partial charge in [-0.2, -0.15) is 0 Å². The number of ether oxygens (including phenoxy) is 2. The largest absolute Gasteiger partial charge is 0.507 e. The van der Waals surface area contributed by atoms with E-state index in [4.69, 9.17) is 15.2 Å². The van der Waals surface area contributed by atoms with Crippen LogP contribution in [0.15, 0.2) is 48.5 Å².